The third-order valence-electron chi connectivity index (χ3n) is 7.67. The first kappa shape index (κ1) is 50.2. The highest BCUT2D eigenvalue weighted by Gasteiger charge is 2.36. The zero-order chi connectivity index (χ0) is 47.3. The number of aliphatic imine (C=N–C) groups is 2. The number of aromatic nitrogens is 4. The predicted molar refractivity (Wildman–Crippen MR) is 206 cm³/mol. The summed E-state index contributed by atoms with van der Waals surface area (Å²) in [4.78, 5) is 19.8. The van der Waals surface area contributed by atoms with Crippen LogP contribution in [0, 0.1) is 0 Å². The molecule has 13 N–H and O–H groups in total. The number of nitrogens with two attached hydrogens (primary N) is 2. The van der Waals surface area contributed by atoms with Gasteiger partial charge in [0.25, 0.3) is 20.4 Å². The molecule has 2 heterocycles. The Labute approximate surface area is 356 Å². The Morgan fingerprint density at radius 1 is 0.734 bits per heavy atom. The second-order valence-corrected chi connectivity index (χ2v) is 15.3. The Bertz CT molecular complexity index is 2500. The lowest BCUT2D eigenvalue weighted by Gasteiger charge is -2.21. The highest BCUT2D eigenvalue weighted by Crippen LogP contribution is 2.40. The number of halogens is 6. The highest BCUT2D eigenvalue weighted by atomic mass is 32.2. The van der Waals surface area contributed by atoms with E-state index in [0.717, 1.165) is 31.2 Å². The quantitative estimate of drug-likeness (QED) is 0.0167. The van der Waals surface area contributed by atoms with Gasteiger partial charge in [-0.15, -0.1) is 0 Å². The van der Waals surface area contributed by atoms with Gasteiger partial charge in [-0.25, -0.2) is 39.0 Å². The molecule has 352 valence electrons. The minimum Gasteiger partial charge on any atom is -0.493 e. The van der Waals surface area contributed by atoms with Gasteiger partial charge in [0.1, 0.15) is 18.1 Å². The summed E-state index contributed by atoms with van der Waals surface area (Å²) in [6.07, 6.45) is -10.4. The van der Waals surface area contributed by atoms with Crippen LogP contribution in [0.1, 0.15) is 35.9 Å². The summed E-state index contributed by atoms with van der Waals surface area (Å²) in [7, 11) is -8.04. The van der Waals surface area contributed by atoms with Gasteiger partial charge in [0.15, 0.2) is 23.1 Å². The minimum atomic E-state index is -5.06. The van der Waals surface area contributed by atoms with E-state index in [0.29, 0.717) is 12.1 Å². The van der Waals surface area contributed by atoms with Gasteiger partial charge in [0, 0.05) is 39.5 Å². The van der Waals surface area contributed by atoms with Gasteiger partial charge in [-0.1, -0.05) is 0 Å². The summed E-state index contributed by atoms with van der Waals surface area (Å²) in [6.45, 7) is -0.791. The molecule has 0 bridgehead atoms. The normalized spacial score (nSPS) is 13.3. The average Bonchev–Trinajstić information content (AvgIpc) is 3.87. The number of alkyl halides is 6. The summed E-state index contributed by atoms with van der Waals surface area (Å²) < 4.78 is 154. The van der Waals surface area contributed by atoms with Crippen molar-refractivity contribution in [1.29, 1.82) is 0 Å². The largest absolute Gasteiger partial charge is 0.493 e. The number of carbonyl (C=O) groups is 1. The van der Waals surface area contributed by atoms with Gasteiger partial charge in [-0.05, 0) is 57.0 Å². The number of benzene rings is 2. The molecule has 0 aliphatic carbocycles. The third-order valence-corrected chi connectivity index (χ3v) is 8.88. The molecular formula is C30H37F6N15O11S2. The van der Waals surface area contributed by atoms with Crippen LogP contribution in [-0.2, 0) is 37.6 Å². The van der Waals surface area contributed by atoms with Crippen LogP contribution in [0.2, 0.25) is 0 Å². The molecule has 2 aromatic carbocycles. The van der Waals surface area contributed by atoms with Gasteiger partial charge >= 0.3 is 12.4 Å². The van der Waals surface area contributed by atoms with Crippen LogP contribution in [0.25, 0.3) is 0 Å². The molecule has 0 spiro atoms. The molecule has 64 heavy (non-hydrogen) atoms. The third kappa shape index (κ3) is 15.7. The lowest BCUT2D eigenvalue weighted by molar-refractivity contribution is -0.140. The molecule has 0 aliphatic heterocycles. The zero-order valence-corrected chi connectivity index (χ0v) is 34.1. The van der Waals surface area contributed by atoms with Gasteiger partial charge < -0.3 is 25.4 Å². The van der Waals surface area contributed by atoms with Crippen molar-refractivity contribution in [2.45, 2.75) is 31.7 Å². The first-order chi connectivity index (χ1) is 30.0. The second kappa shape index (κ2) is 21.8. The minimum absolute atomic E-state index is 0.126. The zero-order valence-electron chi connectivity index (χ0n) is 32.5. The van der Waals surface area contributed by atoms with Gasteiger partial charge in [0.05, 0.1) is 35.2 Å². The lowest BCUT2D eigenvalue weighted by atomic mass is 10.1. The van der Waals surface area contributed by atoms with Crippen LogP contribution in [0.4, 0.5) is 49.4 Å². The number of amides is 1. The maximum Gasteiger partial charge on any atom is 0.420 e. The van der Waals surface area contributed by atoms with E-state index in [1.165, 1.54) is 0 Å². The van der Waals surface area contributed by atoms with E-state index < -0.39 is 104 Å². The molecule has 4 aromatic rings. The molecule has 0 aliphatic rings. The maximum absolute atomic E-state index is 14.3. The first-order valence-electron chi connectivity index (χ1n) is 17.6. The smallest absolute Gasteiger partial charge is 0.420 e. The molecule has 34 heteroatoms. The molecular weight excluding hydrogens is 925 g/mol. The molecule has 1 unspecified atom stereocenters. The Morgan fingerprint density at radius 3 is 1.56 bits per heavy atom. The number of amidine groups is 2. The van der Waals surface area contributed by atoms with Gasteiger partial charge in [0.2, 0.25) is 17.5 Å². The standard InChI is InChI=1S/C30H37F6N15O11S2/c1-15(52)43-18(14-60-22-5-3-17(13-20(22)30(34,35)36)45-28(47-54)24-26(51-62-49-24)40-8-10-42-64(38,57)58)6-11-59-21-4-2-16(12-19(21)29(31,32)33)44-27(46-53)23-25(50-61-48-23)39-7-9-41-63(37,55)56/h2-5,12-13,18,41-42,53-54H,6-11,14H2,1H3,(H,39,50)(H,40,51)(H,43,52)(H,44,46)(H,45,47)(H2,37,55,56)(H2,38,57,58). The number of ether oxygens (including phenoxy) is 2. The summed E-state index contributed by atoms with van der Waals surface area (Å²) in [5.74, 6) is -3.62. The highest BCUT2D eigenvalue weighted by molar-refractivity contribution is 7.87. The van der Waals surface area contributed by atoms with Crippen molar-refractivity contribution in [3.8, 4) is 11.5 Å². The van der Waals surface area contributed by atoms with E-state index in [9.17, 15) is 58.4 Å². The number of carbonyl (C=O) groups excluding carboxylic acids is 1. The molecule has 1 atom stereocenters. The van der Waals surface area contributed by atoms with Crippen molar-refractivity contribution >= 4 is 61.0 Å². The fraction of sp³-hybridized carbons (Fsp3) is 0.367. The molecule has 4 rings (SSSR count). The van der Waals surface area contributed by atoms with E-state index >= 15 is 0 Å². The van der Waals surface area contributed by atoms with Crippen LogP contribution >= 0.6 is 0 Å². The van der Waals surface area contributed by atoms with E-state index in [4.69, 9.17) is 19.8 Å². The van der Waals surface area contributed by atoms with Gasteiger partial charge in [-0.2, -0.15) is 43.2 Å². The molecule has 0 radical (unpaired) electrons. The van der Waals surface area contributed by atoms with Crippen LogP contribution in [-0.4, -0.2) is 111 Å². The van der Waals surface area contributed by atoms with Crippen molar-refractivity contribution < 1.29 is 77.1 Å². The summed E-state index contributed by atoms with van der Waals surface area (Å²) >= 11 is 0. The number of rotatable bonds is 22. The van der Waals surface area contributed by atoms with E-state index in [-0.39, 0.29) is 55.6 Å². The van der Waals surface area contributed by atoms with Crippen molar-refractivity contribution in [1.82, 2.24) is 46.3 Å². The lowest BCUT2D eigenvalue weighted by Crippen LogP contribution is -2.39. The maximum atomic E-state index is 14.3. The van der Waals surface area contributed by atoms with Crippen molar-refractivity contribution in [2.75, 3.05) is 50.0 Å². The van der Waals surface area contributed by atoms with E-state index in [1.807, 2.05) is 9.44 Å². The fourth-order valence-corrected chi connectivity index (χ4v) is 5.82. The van der Waals surface area contributed by atoms with Crippen LogP contribution in [0.15, 0.2) is 55.6 Å². The van der Waals surface area contributed by atoms with Gasteiger partial charge in [-0.3, -0.25) is 26.2 Å². The molecule has 1 amide bonds. The summed E-state index contributed by atoms with van der Waals surface area (Å²) in [5.41, 5.74) is -0.833. The summed E-state index contributed by atoms with van der Waals surface area (Å²) in [5, 5.41) is 50.8. The average molecular weight is 962 g/mol. The molecule has 0 fully saturated rings. The van der Waals surface area contributed by atoms with Crippen LogP contribution in [0.5, 0.6) is 11.5 Å². The van der Waals surface area contributed by atoms with Crippen molar-refractivity contribution in [2.24, 2.45) is 20.3 Å². The van der Waals surface area contributed by atoms with Crippen LogP contribution < -0.4 is 56.1 Å². The molecule has 0 saturated heterocycles. The Hall–Kier alpha value is -6.43. The summed E-state index contributed by atoms with van der Waals surface area (Å²) in [6, 6.07) is 3.87. The molecule has 0 saturated carbocycles. The fourth-order valence-electron chi connectivity index (χ4n) is 5.04. The second-order valence-electron chi connectivity index (χ2n) is 12.5. The predicted octanol–water partition coefficient (Wildman–Crippen LogP) is 0.367. The van der Waals surface area contributed by atoms with E-state index in [2.05, 4.69) is 55.8 Å². The van der Waals surface area contributed by atoms with Crippen LogP contribution in [0.3, 0.4) is 0 Å². The number of anilines is 2. The first-order valence-corrected chi connectivity index (χ1v) is 20.7. The van der Waals surface area contributed by atoms with E-state index in [1.54, 1.807) is 11.0 Å². The number of hydroxylamine groups is 2. The SMILES string of the molecule is CC(=O)NC(CCOc1ccc(N=C(NO)c2nonc2NCCNS(N)(=O)=O)cc1C(F)(F)F)COc1ccc(N=C(NO)c2nonc2NCCNS(N)(=O)=O)cc1C(F)(F)F. The Kier molecular flexibility index (Phi) is 17.1. The van der Waals surface area contributed by atoms with Crippen molar-refractivity contribution in [3.05, 3.63) is 58.9 Å². The van der Waals surface area contributed by atoms with Crippen molar-refractivity contribution in [3.63, 3.8) is 0 Å². The Morgan fingerprint density at radius 2 is 1.17 bits per heavy atom. The number of hydrogen-bond acceptors (Lipinski definition) is 19. The number of hydrogen-bond donors (Lipinski definition) is 11. The molecule has 2 aromatic heterocycles. The number of nitrogens with one attached hydrogen (secondary N) is 7. The Balaban J connectivity index is 1.47. The monoisotopic (exact) mass is 961 g/mol. The molecule has 26 nitrogen and oxygen atoms in total. The topological polar surface area (TPSA) is 383 Å². The number of nitrogens with zero attached hydrogens (tertiary/aromatic N) is 6.